The highest BCUT2D eigenvalue weighted by atomic mass is 35.5. The lowest BCUT2D eigenvalue weighted by Crippen LogP contribution is -2.34. The summed E-state index contributed by atoms with van der Waals surface area (Å²) in [5.74, 6) is -0.255. The van der Waals surface area contributed by atoms with E-state index >= 15 is 0 Å². The number of rotatable bonds is 3. The van der Waals surface area contributed by atoms with E-state index in [0.717, 1.165) is 0 Å². The van der Waals surface area contributed by atoms with Gasteiger partial charge >= 0.3 is 0 Å². The van der Waals surface area contributed by atoms with E-state index in [1.165, 1.54) is 6.92 Å². The first-order valence-electron chi connectivity index (χ1n) is 3.77. The van der Waals surface area contributed by atoms with Gasteiger partial charge in [-0.3, -0.25) is 4.79 Å². The normalized spacial score (nSPS) is 27.8. The molecule has 1 saturated carbocycles. The standard InChI is InChI=1S/C7H11Cl2NO2/c1-4(11)6(12)10-3-5-2-7(5,8)9/h4-5,11H,2-3H2,1H3,(H,10,12)/t4-,5?/m0/s1. The SMILES string of the molecule is C[C@H](O)C(=O)NCC1CC1(Cl)Cl. The van der Waals surface area contributed by atoms with E-state index in [9.17, 15) is 4.79 Å². The predicted molar refractivity (Wildman–Crippen MR) is 47.2 cm³/mol. The number of nitrogens with one attached hydrogen (secondary N) is 1. The molecule has 5 heteroatoms. The Labute approximate surface area is 81.0 Å². The van der Waals surface area contributed by atoms with E-state index in [0.29, 0.717) is 13.0 Å². The van der Waals surface area contributed by atoms with Gasteiger partial charge in [0.1, 0.15) is 10.4 Å². The van der Waals surface area contributed by atoms with Crippen molar-refractivity contribution >= 4 is 29.1 Å². The molecule has 0 saturated heterocycles. The number of aliphatic hydroxyl groups is 1. The Kier molecular flexibility index (Phi) is 2.86. The Balaban J connectivity index is 2.16. The monoisotopic (exact) mass is 211 g/mol. The molecule has 1 aliphatic carbocycles. The largest absolute Gasteiger partial charge is 0.384 e. The molecule has 3 nitrogen and oxygen atoms in total. The molecular formula is C7H11Cl2NO2. The van der Waals surface area contributed by atoms with Crippen molar-refractivity contribution in [1.82, 2.24) is 5.32 Å². The van der Waals surface area contributed by atoms with E-state index in [1.54, 1.807) is 0 Å². The summed E-state index contributed by atoms with van der Waals surface area (Å²) in [6.45, 7) is 1.85. The lowest BCUT2D eigenvalue weighted by Gasteiger charge is -2.06. The van der Waals surface area contributed by atoms with Crippen LogP contribution in [0.4, 0.5) is 0 Å². The molecule has 12 heavy (non-hydrogen) atoms. The van der Waals surface area contributed by atoms with E-state index in [-0.39, 0.29) is 11.8 Å². The Morgan fingerprint density at radius 1 is 1.83 bits per heavy atom. The zero-order chi connectivity index (χ0) is 9.35. The van der Waals surface area contributed by atoms with Crippen LogP contribution in [0.5, 0.6) is 0 Å². The van der Waals surface area contributed by atoms with Crippen molar-refractivity contribution < 1.29 is 9.90 Å². The van der Waals surface area contributed by atoms with Gasteiger partial charge in [-0.05, 0) is 13.3 Å². The van der Waals surface area contributed by atoms with Crippen molar-refractivity contribution in [3.8, 4) is 0 Å². The van der Waals surface area contributed by atoms with Crippen molar-refractivity contribution in [2.45, 2.75) is 23.8 Å². The zero-order valence-corrected chi connectivity index (χ0v) is 8.19. The molecule has 2 N–H and O–H groups in total. The minimum atomic E-state index is -0.969. The molecule has 0 aliphatic heterocycles. The maximum atomic E-state index is 10.8. The van der Waals surface area contributed by atoms with Gasteiger partial charge in [0.2, 0.25) is 5.91 Å². The zero-order valence-electron chi connectivity index (χ0n) is 6.68. The predicted octanol–water partition coefficient (Wildman–Crippen LogP) is 0.677. The highest BCUT2D eigenvalue weighted by molar-refractivity contribution is 6.50. The minimum absolute atomic E-state index is 0.128. The van der Waals surface area contributed by atoms with Crippen molar-refractivity contribution in [2.24, 2.45) is 5.92 Å². The average molecular weight is 212 g/mol. The summed E-state index contributed by atoms with van der Waals surface area (Å²) >= 11 is 11.4. The molecule has 0 radical (unpaired) electrons. The van der Waals surface area contributed by atoms with Crippen LogP contribution in [-0.2, 0) is 4.79 Å². The fraction of sp³-hybridized carbons (Fsp3) is 0.857. The number of hydrogen-bond donors (Lipinski definition) is 2. The number of amides is 1. The first-order valence-corrected chi connectivity index (χ1v) is 4.52. The fourth-order valence-electron chi connectivity index (χ4n) is 0.863. The summed E-state index contributed by atoms with van der Waals surface area (Å²) < 4.78 is -0.661. The highest BCUT2D eigenvalue weighted by Crippen LogP contribution is 2.52. The second-order valence-corrected chi connectivity index (χ2v) is 4.63. The van der Waals surface area contributed by atoms with Crippen LogP contribution in [0.2, 0.25) is 0 Å². The topological polar surface area (TPSA) is 49.3 Å². The van der Waals surface area contributed by atoms with E-state index in [4.69, 9.17) is 28.3 Å². The molecule has 0 heterocycles. The first kappa shape index (κ1) is 10.1. The molecule has 0 spiro atoms. The Bertz CT molecular complexity index is 194. The summed E-state index contributed by atoms with van der Waals surface area (Å²) in [6.07, 6.45) is -0.264. The summed E-state index contributed by atoms with van der Waals surface area (Å²) in [4.78, 5) is 10.8. The van der Waals surface area contributed by atoms with E-state index in [1.807, 2.05) is 0 Å². The third kappa shape index (κ3) is 2.51. The number of carbonyl (C=O) groups is 1. The maximum absolute atomic E-state index is 10.8. The Morgan fingerprint density at radius 3 is 2.67 bits per heavy atom. The average Bonchev–Trinajstić information content (AvgIpc) is 2.54. The van der Waals surface area contributed by atoms with Crippen molar-refractivity contribution in [1.29, 1.82) is 0 Å². The van der Waals surface area contributed by atoms with Crippen molar-refractivity contribution in [3.05, 3.63) is 0 Å². The first-order chi connectivity index (χ1) is 5.43. The van der Waals surface area contributed by atoms with Crippen LogP contribution < -0.4 is 5.32 Å². The van der Waals surface area contributed by atoms with Crippen LogP contribution >= 0.6 is 23.2 Å². The fourth-order valence-corrected chi connectivity index (χ4v) is 1.39. The van der Waals surface area contributed by atoms with Gasteiger partial charge in [0.15, 0.2) is 0 Å². The van der Waals surface area contributed by atoms with Gasteiger partial charge in [-0.1, -0.05) is 0 Å². The highest BCUT2D eigenvalue weighted by Gasteiger charge is 2.51. The molecule has 0 bridgehead atoms. The second kappa shape index (κ2) is 3.40. The van der Waals surface area contributed by atoms with Gasteiger partial charge in [-0.25, -0.2) is 0 Å². The number of aliphatic hydroxyl groups excluding tert-OH is 1. The molecule has 0 aromatic carbocycles. The minimum Gasteiger partial charge on any atom is -0.384 e. The Morgan fingerprint density at radius 2 is 2.33 bits per heavy atom. The van der Waals surface area contributed by atoms with E-state index < -0.39 is 10.4 Å². The third-order valence-corrected chi connectivity index (χ3v) is 2.78. The van der Waals surface area contributed by atoms with Crippen LogP contribution in [0.1, 0.15) is 13.3 Å². The number of alkyl halides is 2. The molecule has 1 unspecified atom stereocenters. The summed E-state index contributed by atoms with van der Waals surface area (Å²) in [5.41, 5.74) is 0. The molecule has 1 fully saturated rings. The van der Waals surface area contributed by atoms with Gasteiger partial charge < -0.3 is 10.4 Å². The van der Waals surface area contributed by atoms with E-state index in [2.05, 4.69) is 5.32 Å². The number of carbonyl (C=O) groups excluding carboxylic acids is 1. The lowest BCUT2D eigenvalue weighted by molar-refractivity contribution is -0.128. The molecule has 1 aliphatic rings. The van der Waals surface area contributed by atoms with Gasteiger partial charge in [0.05, 0.1) is 0 Å². The quantitative estimate of drug-likeness (QED) is 0.675. The van der Waals surface area contributed by atoms with Crippen LogP contribution in [0, 0.1) is 5.92 Å². The molecule has 70 valence electrons. The summed E-state index contributed by atoms with van der Waals surface area (Å²) in [6, 6.07) is 0. The van der Waals surface area contributed by atoms with Gasteiger partial charge in [-0.15, -0.1) is 23.2 Å². The van der Waals surface area contributed by atoms with Crippen LogP contribution in [0.25, 0.3) is 0 Å². The van der Waals surface area contributed by atoms with Gasteiger partial charge in [-0.2, -0.15) is 0 Å². The molecular weight excluding hydrogens is 201 g/mol. The second-order valence-electron chi connectivity index (χ2n) is 3.08. The van der Waals surface area contributed by atoms with Gasteiger partial charge in [0.25, 0.3) is 0 Å². The van der Waals surface area contributed by atoms with Crippen LogP contribution in [-0.4, -0.2) is 28.0 Å². The molecule has 1 rings (SSSR count). The van der Waals surface area contributed by atoms with Gasteiger partial charge in [0, 0.05) is 12.5 Å². The lowest BCUT2D eigenvalue weighted by atomic mass is 10.3. The molecule has 1 amide bonds. The Hall–Kier alpha value is 0.01000. The summed E-state index contributed by atoms with van der Waals surface area (Å²) in [7, 11) is 0. The molecule has 2 atom stereocenters. The van der Waals surface area contributed by atoms with Crippen LogP contribution in [0.15, 0.2) is 0 Å². The number of hydrogen-bond acceptors (Lipinski definition) is 2. The molecule has 0 aromatic rings. The maximum Gasteiger partial charge on any atom is 0.248 e. The van der Waals surface area contributed by atoms with Crippen molar-refractivity contribution in [3.63, 3.8) is 0 Å². The smallest absolute Gasteiger partial charge is 0.248 e. The third-order valence-electron chi connectivity index (χ3n) is 1.86. The van der Waals surface area contributed by atoms with Crippen LogP contribution in [0.3, 0.4) is 0 Å². The summed E-state index contributed by atoms with van der Waals surface area (Å²) in [5, 5.41) is 11.3. The molecule has 0 aromatic heterocycles. The van der Waals surface area contributed by atoms with Crippen molar-refractivity contribution in [2.75, 3.05) is 6.54 Å². The number of halogens is 2.